The lowest BCUT2D eigenvalue weighted by Crippen LogP contribution is -2.35. The van der Waals surface area contributed by atoms with Crippen LogP contribution in [0, 0.1) is 6.92 Å². The minimum atomic E-state index is 0.0783. The van der Waals surface area contributed by atoms with Gasteiger partial charge in [-0.2, -0.15) is 0 Å². The Morgan fingerprint density at radius 2 is 2.20 bits per heavy atom. The summed E-state index contributed by atoms with van der Waals surface area (Å²) in [7, 11) is 0. The maximum atomic E-state index is 5.49. The fourth-order valence-corrected chi connectivity index (χ4v) is 2.67. The number of rotatable bonds is 2. The van der Waals surface area contributed by atoms with E-state index in [0.717, 1.165) is 40.4 Å². The van der Waals surface area contributed by atoms with Crippen molar-refractivity contribution in [3.63, 3.8) is 0 Å². The van der Waals surface area contributed by atoms with Gasteiger partial charge in [0.2, 0.25) is 0 Å². The molecule has 0 aliphatic carbocycles. The molecule has 2 aromatic rings. The SMILES string of the molecule is Cc1cc(-c2cccc(Br)c2)nc(C2COCCN2)n1. The summed E-state index contributed by atoms with van der Waals surface area (Å²) >= 11 is 3.50. The van der Waals surface area contributed by atoms with Gasteiger partial charge in [-0.15, -0.1) is 0 Å². The number of benzene rings is 1. The molecule has 20 heavy (non-hydrogen) atoms. The molecule has 2 heterocycles. The Balaban J connectivity index is 1.97. The summed E-state index contributed by atoms with van der Waals surface area (Å²) in [6.45, 7) is 4.21. The summed E-state index contributed by atoms with van der Waals surface area (Å²) in [5, 5.41) is 3.39. The zero-order chi connectivity index (χ0) is 13.9. The van der Waals surface area contributed by atoms with Crippen molar-refractivity contribution < 1.29 is 4.74 Å². The third-order valence-corrected chi connectivity index (χ3v) is 3.72. The van der Waals surface area contributed by atoms with E-state index < -0.39 is 0 Å². The number of nitrogens with zero attached hydrogens (tertiary/aromatic N) is 2. The first-order chi connectivity index (χ1) is 9.72. The van der Waals surface area contributed by atoms with E-state index in [4.69, 9.17) is 9.72 Å². The van der Waals surface area contributed by atoms with Crippen LogP contribution >= 0.6 is 15.9 Å². The predicted octanol–water partition coefficient (Wildman–Crippen LogP) is 2.88. The van der Waals surface area contributed by atoms with E-state index >= 15 is 0 Å². The Morgan fingerprint density at radius 3 is 2.95 bits per heavy atom. The van der Waals surface area contributed by atoms with Gasteiger partial charge in [0.15, 0.2) is 0 Å². The van der Waals surface area contributed by atoms with Gasteiger partial charge in [0.1, 0.15) is 5.82 Å². The summed E-state index contributed by atoms with van der Waals surface area (Å²) in [6.07, 6.45) is 0. The van der Waals surface area contributed by atoms with Gasteiger partial charge in [-0.05, 0) is 25.1 Å². The Labute approximate surface area is 126 Å². The van der Waals surface area contributed by atoms with Crippen molar-refractivity contribution in [2.45, 2.75) is 13.0 Å². The Kier molecular flexibility index (Phi) is 4.10. The number of aromatic nitrogens is 2. The van der Waals surface area contributed by atoms with Crippen LogP contribution in [0.1, 0.15) is 17.6 Å². The molecule has 1 atom stereocenters. The number of morpholine rings is 1. The highest BCUT2D eigenvalue weighted by molar-refractivity contribution is 9.10. The lowest BCUT2D eigenvalue weighted by Gasteiger charge is -2.23. The predicted molar refractivity (Wildman–Crippen MR) is 81.5 cm³/mol. The highest BCUT2D eigenvalue weighted by atomic mass is 79.9. The molecular weight excluding hydrogens is 318 g/mol. The summed E-state index contributed by atoms with van der Waals surface area (Å²) in [5.41, 5.74) is 3.00. The molecular formula is C15H16BrN3O. The molecule has 3 rings (SSSR count). The molecule has 0 radical (unpaired) electrons. The van der Waals surface area contributed by atoms with Gasteiger partial charge in [0.25, 0.3) is 0 Å². The molecule has 0 bridgehead atoms. The van der Waals surface area contributed by atoms with E-state index in [9.17, 15) is 0 Å². The van der Waals surface area contributed by atoms with E-state index in [1.54, 1.807) is 0 Å². The Morgan fingerprint density at radius 1 is 1.30 bits per heavy atom. The highest BCUT2D eigenvalue weighted by Crippen LogP contribution is 2.23. The van der Waals surface area contributed by atoms with Gasteiger partial charge >= 0.3 is 0 Å². The smallest absolute Gasteiger partial charge is 0.148 e. The van der Waals surface area contributed by atoms with Crippen LogP contribution in [-0.4, -0.2) is 29.7 Å². The average molecular weight is 334 g/mol. The van der Waals surface area contributed by atoms with E-state index in [1.807, 2.05) is 25.1 Å². The van der Waals surface area contributed by atoms with Gasteiger partial charge < -0.3 is 10.1 Å². The third-order valence-electron chi connectivity index (χ3n) is 3.23. The first-order valence-corrected chi connectivity index (χ1v) is 7.44. The summed E-state index contributed by atoms with van der Waals surface area (Å²) < 4.78 is 6.54. The Bertz CT molecular complexity index is 612. The van der Waals surface area contributed by atoms with E-state index in [2.05, 4.69) is 38.4 Å². The van der Waals surface area contributed by atoms with E-state index in [1.165, 1.54) is 0 Å². The van der Waals surface area contributed by atoms with Crippen molar-refractivity contribution >= 4 is 15.9 Å². The molecule has 1 aliphatic heterocycles. The molecule has 0 saturated carbocycles. The second-order valence-corrected chi connectivity index (χ2v) is 5.76. The van der Waals surface area contributed by atoms with Crippen molar-refractivity contribution in [2.24, 2.45) is 0 Å². The van der Waals surface area contributed by atoms with Gasteiger partial charge in [-0.3, -0.25) is 0 Å². The normalized spacial score (nSPS) is 19.0. The number of halogens is 1. The Hall–Kier alpha value is -1.30. The van der Waals surface area contributed by atoms with Gasteiger partial charge in [-0.1, -0.05) is 28.1 Å². The van der Waals surface area contributed by atoms with Gasteiger partial charge in [0.05, 0.1) is 24.9 Å². The zero-order valence-electron chi connectivity index (χ0n) is 11.3. The maximum absolute atomic E-state index is 5.49. The highest BCUT2D eigenvalue weighted by Gasteiger charge is 2.19. The number of hydrogen-bond acceptors (Lipinski definition) is 4. The minimum Gasteiger partial charge on any atom is -0.378 e. The molecule has 1 saturated heterocycles. The maximum Gasteiger partial charge on any atom is 0.148 e. The topological polar surface area (TPSA) is 47.0 Å². The molecule has 4 nitrogen and oxygen atoms in total. The van der Waals surface area contributed by atoms with Gasteiger partial charge in [0, 0.05) is 22.3 Å². The molecule has 0 amide bonds. The van der Waals surface area contributed by atoms with Crippen LogP contribution in [-0.2, 0) is 4.74 Å². The largest absolute Gasteiger partial charge is 0.378 e. The summed E-state index contributed by atoms with van der Waals surface area (Å²) in [5.74, 6) is 0.805. The molecule has 1 unspecified atom stereocenters. The van der Waals surface area contributed by atoms with Crippen molar-refractivity contribution in [3.8, 4) is 11.3 Å². The molecule has 1 aromatic heterocycles. The van der Waals surface area contributed by atoms with Crippen molar-refractivity contribution in [1.29, 1.82) is 0 Å². The zero-order valence-corrected chi connectivity index (χ0v) is 12.9. The van der Waals surface area contributed by atoms with E-state index in [-0.39, 0.29) is 6.04 Å². The fraction of sp³-hybridized carbons (Fsp3) is 0.333. The molecule has 1 N–H and O–H groups in total. The summed E-state index contributed by atoms with van der Waals surface area (Å²) in [4.78, 5) is 9.23. The van der Waals surface area contributed by atoms with E-state index in [0.29, 0.717) is 6.61 Å². The van der Waals surface area contributed by atoms with Crippen LogP contribution in [0.25, 0.3) is 11.3 Å². The van der Waals surface area contributed by atoms with Crippen LogP contribution in [0.5, 0.6) is 0 Å². The first-order valence-electron chi connectivity index (χ1n) is 6.65. The third kappa shape index (κ3) is 3.06. The lowest BCUT2D eigenvalue weighted by atomic mass is 10.1. The average Bonchev–Trinajstić information content (AvgIpc) is 2.47. The molecule has 1 aromatic carbocycles. The number of aryl methyl sites for hydroxylation is 1. The number of nitrogens with one attached hydrogen (secondary N) is 1. The lowest BCUT2D eigenvalue weighted by molar-refractivity contribution is 0.0742. The fourth-order valence-electron chi connectivity index (χ4n) is 2.27. The second-order valence-electron chi connectivity index (χ2n) is 4.84. The molecule has 5 heteroatoms. The molecule has 1 aliphatic rings. The minimum absolute atomic E-state index is 0.0783. The van der Waals surface area contributed by atoms with Crippen molar-refractivity contribution in [2.75, 3.05) is 19.8 Å². The monoisotopic (exact) mass is 333 g/mol. The molecule has 1 fully saturated rings. The molecule has 0 spiro atoms. The molecule has 104 valence electrons. The van der Waals surface area contributed by atoms with Crippen molar-refractivity contribution in [3.05, 3.63) is 46.3 Å². The van der Waals surface area contributed by atoms with Crippen LogP contribution < -0.4 is 5.32 Å². The standard InChI is InChI=1S/C15H16BrN3O/c1-10-7-13(11-3-2-4-12(16)8-11)19-15(18-10)14-9-20-6-5-17-14/h2-4,7-8,14,17H,5-6,9H2,1H3. The summed E-state index contributed by atoms with van der Waals surface area (Å²) in [6, 6.07) is 10.2. The quantitative estimate of drug-likeness (QED) is 0.917. The first kappa shape index (κ1) is 13.7. The van der Waals surface area contributed by atoms with Crippen LogP contribution in [0.15, 0.2) is 34.8 Å². The number of hydrogen-bond donors (Lipinski definition) is 1. The second kappa shape index (κ2) is 5.99. The van der Waals surface area contributed by atoms with Crippen molar-refractivity contribution in [1.82, 2.24) is 15.3 Å². The van der Waals surface area contributed by atoms with Crippen LogP contribution in [0.2, 0.25) is 0 Å². The van der Waals surface area contributed by atoms with Crippen LogP contribution in [0.4, 0.5) is 0 Å². The van der Waals surface area contributed by atoms with Gasteiger partial charge in [-0.25, -0.2) is 9.97 Å². The number of ether oxygens (including phenoxy) is 1. The van der Waals surface area contributed by atoms with Crippen LogP contribution in [0.3, 0.4) is 0 Å².